The first-order valence-corrected chi connectivity index (χ1v) is 8.66. The van der Waals surface area contributed by atoms with Gasteiger partial charge >= 0.3 is 0 Å². The van der Waals surface area contributed by atoms with Crippen molar-refractivity contribution >= 4 is 11.6 Å². The number of rotatable bonds is 4. The molecule has 3 rings (SSSR count). The summed E-state index contributed by atoms with van der Waals surface area (Å²) in [7, 11) is 4.01. The molecule has 2 aromatic rings. The van der Waals surface area contributed by atoms with Crippen LogP contribution in [-0.2, 0) is 0 Å². The van der Waals surface area contributed by atoms with E-state index in [1.54, 1.807) is 19.3 Å². The van der Waals surface area contributed by atoms with Crippen LogP contribution in [0.25, 0.3) is 11.1 Å². The number of nitrogens with zero attached hydrogens (tertiary/aromatic N) is 3. The second-order valence-corrected chi connectivity index (χ2v) is 6.94. The molecule has 1 aliphatic rings. The molecule has 2 heterocycles. The van der Waals surface area contributed by atoms with Crippen molar-refractivity contribution in [1.82, 2.24) is 9.88 Å². The molecule has 132 valence electrons. The molecule has 1 fully saturated rings. The fourth-order valence-corrected chi connectivity index (χ4v) is 3.21. The van der Waals surface area contributed by atoms with Gasteiger partial charge in [-0.05, 0) is 37.1 Å². The molecule has 0 saturated carbocycles. The molecule has 1 aromatic carbocycles. The highest BCUT2D eigenvalue weighted by Crippen LogP contribution is 2.25. The molecular formula is C20H25N3O2. The molecular weight excluding hydrogens is 314 g/mol. The van der Waals surface area contributed by atoms with Crippen LogP contribution in [0, 0.1) is 5.92 Å². The SMILES string of the molecule is CC(O)C1CCN(C(=O)c2cncc(-c3ccc(N(C)C)cc3)c2)C1. The van der Waals surface area contributed by atoms with Crippen molar-refractivity contribution in [2.75, 3.05) is 32.1 Å². The van der Waals surface area contributed by atoms with E-state index in [1.807, 2.05) is 42.1 Å². The third-order valence-electron chi connectivity index (χ3n) is 4.90. The third-order valence-corrected chi connectivity index (χ3v) is 4.90. The van der Waals surface area contributed by atoms with E-state index in [4.69, 9.17) is 0 Å². The van der Waals surface area contributed by atoms with Crippen LogP contribution in [0.15, 0.2) is 42.7 Å². The van der Waals surface area contributed by atoms with Crippen molar-refractivity contribution in [2.24, 2.45) is 5.92 Å². The van der Waals surface area contributed by atoms with Crippen LogP contribution in [0.4, 0.5) is 5.69 Å². The maximum Gasteiger partial charge on any atom is 0.255 e. The number of amides is 1. The predicted molar refractivity (Wildman–Crippen MR) is 99.7 cm³/mol. The molecule has 5 heteroatoms. The molecule has 0 aliphatic carbocycles. The number of aliphatic hydroxyl groups excluding tert-OH is 1. The zero-order valence-electron chi connectivity index (χ0n) is 15.0. The topological polar surface area (TPSA) is 56.7 Å². The summed E-state index contributed by atoms with van der Waals surface area (Å²) in [5, 5.41) is 9.72. The number of aromatic nitrogens is 1. The molecule has 1 saturated heterocycles. The van der Waals surface area contributed by atoms with E-state index in [9.17, 15) is 9.90 Å². The van der Waals surface area contributed by atoms with Gasteiger partial charge in [0.1, 0.15) is 0 Å². The summed E-state index contributed by atoms with van der Waals surface area (Å²) in [6, 6.07) is 10.1. The van der Waals surface area contributed by atoms with Gasteiger partial charge in [0.05, 0.1) is 11.7 Å². The molecule has 5 nitrogen and oxygen atoms in total. The Morgan fingerprint density at radius 3 is 2.56 bits per heavy atom. The number of aliphatic hydroxyl groups is 1. The Labute approximate surface area is 148 Å². The summed E-state index contributed by atoms with van der Waals surface area (Å²) in [5.74, 6) is 0.154. The van der Waals surface area contributed by atoms with Crippen molar-refractivity contribution in [3.63, 3.8) is 0 Å². The molecule has 2 unspecified atom stereocenters. The lowest BCUT2D eigenvalue weighted by atomic mass is 10.0. The van der Waals surface area contributed by atoms with E-state index in [-0.39, 0.29) is 17.9 Å². The van der Waals surface area contributed by atoms with Gasteiger partial charge in [-0.15, -0.1) is 0 Å². The number of hydrogen-bond donors (Lipinski definition) is 1. The fourth-order valence-electron chi connectivity index (χ4n) is 3.21. The van der Waals surface area contributed by atoms with Crippen molar-refractivity contribution in [1.29, 1.82) is 0 Å². The number of likely N-dealkylation sites (tertiary alicyclic amines) is 1. The predicted octanol–water partition coefficient (Wildman–Crippen LogP) is 2.66. The number of hydrogen-bond acceptors (Lipinski definition) is 4. The first-order chi connectivity index (χ1) is 12.0. The van der Waals surface area contributed by atoms with Gasteiger partial charge in [0.25, 0.3) is 5.91 Å². The standard InChI is InChI=1S/C20H25N3O2/c1-14(24)16-8-9-23(13-16)20(25)18-10-17(11-21-12-18)15-4-6-19(7-5-15)22(2)3/h4-7,10-12,14,16,24H,8-9,13H2,1-3H3. The zero-order valence-corrected chi connectivity index (χ0v) is 15.0. The van der Waals surface area contributed by atoms with Crippen molar-refractivity contribution in [3.8, 4) is 11.1 Å². The Bertz CT molecular complexity index is 741. The molecule has 0 bridgehead atoms. The average molecular weight is 339 g/mol. The summed E-state index contributed by atoms with van der Waals surface area (Å²) in [6.07, 6.45) is 3.87. The Morgan fingerprint density at radius 1 is 1.24 bits per heavy atom. The maximum absolute atomic E-state index is 12.7. The van der Waals surface area contributed by atoms with Crippen LogP contribution in [0.1, 0.15) is 23.7 Å². The molecule has 2 atom stereocenters. The van der Waals surface area contributed by atoms with Crippen molar-refractivity contribution in [2.45, 2.75) is 19.4 Å². The highest BCUT2D eigenvalue weighted by molar-refractivity contribution is 5.95. The number of pyridine rings is 1. The Kier molecular flexibility index (Phi) is 5.04. The monoisotopic (exact) mass is 339 g/mol. The first kappa shape index (κ1) is 17.4. The van der Waals surface area contributed by atoms with Crippen LogP contribution in [0.3, 0.4) is 0 Å². The summed E-state index contributed by atoms with van der Waals surface area (Å²) in [4.78, 5) is 20.9. The Hall–Kier alpha value is -2.40. The molecule has 1 aromatic heterocycles. The van der Waals surface area contributed by atoms with E-state index in [1.165, 1.54) is 0 Å². The van der Waals surface area contributed by atoms with Gasteiger partial charge < -0.3 is 14.9 Å². The van der Waals surface area contributed by atoms with E-state index >= 15 is 0 Å². The minimum atomic E-state index is -0.377. The summed E-state index contributed by atoms with van der Waals surface area (Å²) in [5.41, 5.74) is 3.70. The van der Waals surface area contributed by atoms with E-state index in [0.717, 1.165) is 23.2 Å². The fraction of sp³-hybridized carbons (Fsp3) is 0.400. The van der Waals surface area contributed by atoms with Gasteiger partial charge in [-0.3, -0.25) is 9.78 Å². The molecule has 0 radical (unpaired) electrons. The largest absolute Gasteiger partial charge is 0.393 e. The number of carbonyl (C=O) groups excluding carboxylic acids is 1. The van der Waals surface area contributed by atoms with Crippen LogP contribution in [0.2, 0.25) is 0 Å². The van der Waals surface area contributed by atoms with Gasteiger partial charge in [-0.2, -0.15) is 0 Å². The highest BCUT2D eigenvalue weighted by atomic mass is 16.3. The Morgan fingerprint density at radius 2 is 1.96 bits per heavy atom. The van der Waals surface area contributed by atoms with Crippen molar-refractivity contribution < 1.29 is 9.90 Å². The molecule has 0 spiro atoms. The number of benzene rings is 1. The molecule has 1 amide bonds. The van der Waals surface area contributed by atoms with E-state index in [2.05, 4.69) is 17.1 Å². The smallest absolute Gasteiger partial charge is 0.255 e. The molecule has 1 aliphatic heterocycles. The van der Waals surface area contributed by atoms with Gasteiger partial charge in [-0.1, -0.05) is 12.1 Å². The lowest BCUT2D eigenvalue weighted by molar-refractivity contribution is 0.0762. The summed E-state index contributed by atoms with van der Waals surface area (Å²) in [6.45, 7) is 3.09. The minimum Gasteiger partial charge on any atom is -0.393 e. The first-order valence-electron chi connectivity index (χ1n) is 8.66. The summed E-state index contributed by atoms with van der Waals surface area (Å²) < 4.78 is 0. The average Bonchev–Trinajstić information content (AvgIpc) is 3.12. The number of anilines is 1. The zero-order chi connectivity index (χ0) is 18.0. The van der Waals surface area contributed by atoms with Gasteiger partial charge in [-0.25, -0.2) is 0 Å². The molecule has 25 heavy (non-hydrogen) atoms. The van der Waals surface area contributed by atoms with E-state index < -0.39 is 0 Å². The van der Waals surface area contributed by atoms with Crippen molar-refractivity contribution in [3.05, 3.63) is 48.3 Å². The lowest BCUT2D eigenvalue weighted by Crippen LogP contribution is -2.30. The van der Waals surface area contributed by atoms with Gasteiger partial charge in [0, 0.05) is 56.7 Å². The van der Waals surface area contributed by atoms with Crippen LogP contribution >= 0.6 is 0 Å². The Balaban J connectivity index is 1.78. The second kappa shape index (κ2) is 7.23. The maximum atomic E-state index is 12.7. The van der Waals surface area contributed by atoms with Crippen LogP contribution in [0.5, 0.6) is 0 Å². The summed E-state index contributed by atoms with van der Waals surface area (Å²) >= 11 is 0. The minimum absolute atomic E-state index is 0.0117. The highest BCUT2D eigenvalue weighted by Gasteiger charge is 2.29. The van der Waals surface area contributed by atoms with Gasteiger partial charge in [0.2, 0.25) is 0 Å². The lowest BCUT2D eigenvalue weighted by Gasteiger charge is -2.18. The molecule has 1 N–H and O–H groups in total. The van der Waals surface area contributed by atoms with Crippen LogP contribution in [-0.4, -0.2) is 54.2 Å². The van der Waals surface area contributed by atoms with Crippen LogP contribution < -0.4 is 4.90 Å². The normalized spacial score (nSPS) is 18.2. The second-order valence-electron chi connectivity index (χ2n) is 6.94. The number of carbonyl (C=O) groups is 1. The quantitative estimate of drug-likeness (QED) is 0.930. The van der Waals surface area contributed by atoms with Gasteiger partial charge in [0.15, 0.2) is 0 Å². The third kappa shape index (κ3) is 3.82. The van der Waals surface area contributed by atoms with E-state index in [0.29, 0.717) is 18.7 Å².